The van der Waals surface area contributed by atoms with Crippen molar-refractivity contribution in [3.8, 4) is 17.1 Å². The van der Waals surface area contributed by atoms with Gasteiger partial charge in [-0.15, -0.1) is 0 Å². The normalized spacial score (nSPS) is 12.0. The zero-order valence-electron chi connectivity index (χ0n) is 24.4. The molecular weight excluding hydrogens is 546 g/mol. The first-order chi connectivity index (χ1) is 22.3. The molecule has 0 spiro atoms. The van der Waals surface area contributed by atoms with Gasteiger partial charge >= 0.3 is 0 Å². The molecule has 3 nitrogen and oxygen atoms in total. The van der Waals surface area contributed by atoms with Crippen molar-refractivity contribution in [1.29, 1.82) is 0 Å². The monoisotopic (exact) mass is 573 g/mol. The summed E-state index contributed by atoms with van der Waals surface area (Å²) in [7, 11) is 0. The average molecular weight is 574 g/mol. The van der Waals surface area contributed by atoms with Crippen LogP contribution in [0.3, 0.4) is 0 Å². The van der Waals surface area contributed by atoms with Gasteiger partial charge in [0.15, 0.2) is 0 Å². The quantitative estimate of drug-likeness (QED) is 0.200. The van der Waals surface area contributed by atoms with E-state index in [1.54, 1.807) is 0 Å². The highest BCUT2D eigenvalue weighted by Gasteiger charge is 2.18. The summed E-state index contributed by atoms with van der Waals surface area (Å²) in [6.45, 7) is 0. The van der Waals surface area contributed by atoms with E-state index in [4.69, 9.17) is 0 Å². The van der Waals surface area contributed by atoms with Gasteiger partial charge in [0.25, 0.3) is 0 Å². The van der Waals surface area contributed by atoms with Crippen molar-refractivity contribution in [3.05, 3.63) is 164 Å². The minimum atomic E-state index is 1.16. The number of aromatic nitrogens is 3. The fourth-order valence-electron chi connectivity index (χ4n) is 7.45. The van der Waals surface area contributed by atoms with Gasteiger partial charge in [0.1, 0.15) is 0 Å². The summed E-state index contributed by atoms with van der Waals surface area (Å²) in [5, 5.41) is 8.76. The van der Waals surface area contributed by atoms with Crippen LogP contribution in [0.4, 0.5) is 0 Å². The van der Waals surface area contributed by atoms with E-state index in [1.807, 2.05) is 0 Å². The summed E-state index contributed by atoms with van der Waals surface area (Å²) in [4.78, 5) is 0. The molecule has 0 aliphatic rings. The number of hydrogen-bond donors (Lipinski definition) is 0. The Hall–Kier alpha value is -6.06. The minimum Gasteiger partial charge on any atom is -0.317 e. The number of benzene rings is 7. The van der Waals surface area contributed by atoms with E-state index < -0.39 is 0 Å². The molecule has 0 aliphatic heterocycles. The lowest BCUT2D eigenvalue weighted by Crippen LogP contribution is -1.96. The molecule has 0 N–H and O–H groups in total. The van der Waals surface area contributed by atoms with Crippen LogP contribution in [0, 0.1) is 0 Å². The smallest absolute Gasteiger partial charge is 0.0620 e. The summed E-state index contributed by atoms with van der Waals surface area (Å²) >= 11 is 0. The molecule has 0 bridgehead atoms. The first-order valence-corrected chi connectivity index (χ1v) is 15.4. The highest BCUT2D eigenvalue weighted by molar-refractivity contribution is 6.20. The number of hydrogen-bond acceptors (Lipinski definition) is 0. The summed E-state index contributed by atoms with van der Waals surface area (Å²) in [5.74, 6) is 0. The standard InChI is InChI=1S/C42H27N3/c1-3-11-30(12-4-1)43-24-23-29-25-28-19-21-35-33-15-7-10-18-39(33)45(42(35)36(28)27-41(29)43)32-20-22-40-37(26-32)34-16-8-9-17-38(34)44(40)31-13-5-2-6-14-31/h1-27H. The van der Waals surface area contributed by atoms with Crippen LogP contribution in [0.2, 0.25) is 0 Å². The van der Waals surface area contributed by atoms with Crippen molar-refractivity contribution >= 4 is 65.3 Å². The summed E-state index contributed by atoms with van der Waals surface area (Å²) < 4.78 is 7.15. The number of para-hydroxylation sites is 4. The maximum atomic E-state index is 2.47. The average Bonchev–Trinajstić information content (AvgIpc) is 3.78. The number of rotatable bonds is 3. The minimum absolute atomic E-state index is 1.16. The van der Waals surface area contributed by atoms with E-state index in [1.165, 1.54) is 76.7 Å². The van der Waals surface area contributed by atoms with Crippen LogP contribution in [0.1, 0.15) is 0 Å². The number of fused-ring (bicyclic) bond motifs is 9. The molecule has 10 rings (SSSR count). The molecule has 10 aromatic rings. The summed E-state index contributed by atoms with van der Waals surface area (Å²) in [5.41, 5.74) is 9.58. The zero-order chi connectivity index (χ0) is 29.5. The molecule has 210 valence electrons. The Morgan fingerprint density at radius 1 is 0.311 bits per heavy atom. The SMILES string of the molecule is c1ccc(-n2ccc3cc4ccc5c6ccccc6n(-c6ccc7c(c6)c6ccccc6n7-c6ccccc6)c5c4cc32)cc1. The van der Waals surface area contributed by atoms with Crippen molar-refractivity contribution < 1.29 is 0 Å². The largest absolute Gasteiger partial charge is 0.317 e. The Balaban J connectivity index is 1.31. The first kappa shape index (κ1) is 24.4. The van der Waals surface area contributed by atoms with Gasteiger partial charge in [0.2, 0.25) is 0 Å². The highest BCUT2D eigenvalue weighted by atomic mass is 15.0. The van der Waals surface area contributed by atoms with E-state index in [0.29, 0.717) is 0 Å². The van der Waals surface area contributed by atoms with Gasteiger partial charge in [-0.1, -0.05) is 84.9 Å². The lowest BCUT2D eigenvalue weighted by atomic mass is 10.0. The van der Waals surface area contributed by atoms with Crippen LogP contribution in [0.25, 0.3) is 82.3 Å². The van der Waals surface area contributed by atoms with Gasteiger partial charge < -0.3 is 13.7 Å². The Morgan fingerprint density at radius 2 is 0.956 bits per heavy atom. The predicted octanol–water partition coefficient (Wildman–Crippen LogP) is 11.0. The molecule has 3 heteroatoms. The van der Waals surface area contributed by atoms with E-state index in [-0.39, 0.29) is 0 Å². The second kappa shape index (κ2) is 9.22. The van der Waals surface area contributed by atoms with E-state index >= 15 is 0 Å². The fraction of sp³-hybridized carbons (Fsp3) is 0. The molecule has 0 amide bonds. The van der Waals surface area contributed by atoms with E-state index in [0.717, 1.165) is 5.69 Å². The third-order valence-corrected chi connectivity index (χ3v) is 9.42. The van der Waals surface area contributed by atoms with Crippen LogP contribution in [0.5, 0.6) is 0 Å². The van der Waals surface area contributed by atoms with Gasteiger partial charge in [-0.2, -0.15) is 0 Å². The second-order valence-electron chi connectivity index (χ2n) is 11.9. The van der Waals surface area contributed by atoms with Crippen molar-refractivity contribution in [1.82, 2.24) is 13.7 Å². The second-order valence-corrected chi connectivity index (χ2v) is 11.9. The third-order valence-electron chi connectivity index (χ3n) is 9.42. The van der Waals surface area contributed by atoms with Gasteiger partial charge in [0, 0.05) is 55.6 Å². The summed E-state index contributed by atoms with van der Waals surface area (Å²) in [6.07, 6.45) is 2.18. The number of nitrogens with zero attached hydrogens (tertiary/aromatic N) is 3. The van der Waals surface area contributed by atoms with E-state index in [9.17, 15) is 0 Å². The zero-order valence-corrected chi connectivity index (χ0v) is 24.4. The van der Waals surface area contributed by atoms with Crippen LogP contribution in [-0.4, -0.2) is 13.7 Å². The van der Waals surface area contributed by atoms with Gasteiger partial charge in [-0.05, 0) is 78.2 Å². The molecule has 0 aliphatic carbocycles. The lowest BCUT2D eigenvalue weighted by molar-refractivity contribution is 1.13. The fourth-order valence-corrected chi connectivity index (χ4v) is 7.45. The summed E-state index contributed by atoms with van der Waals surface area (Å²) in [6, 6.07) is 57.3. The third kappa shape index (κ3) is 3.46. The van der Waals surface area contributed by atoms with Gasteiger partial charge in [-0.3, -0.25) is 0 Å². The van der Waals surface area contributed by atoms with Crippen LogP contribution < -0.4 is 0 Å². The maximum Gasteiger partial charge on any atom is 0.0620 e. The first-order valence-electron chi connectivity index (χ1n) is 15.4. The lowest BCUT2D eigenvalue weighted by Gasteiger charge is -2.12. The molecule has 3 heterocycles. The molecular formula is C42H27N3. The highest BCUT2D eigenvalue weighted by Crippen LogP contribution is 2.40. The Labute approximate surface area is 259 Å². The Bertz CT molecular complexity index is 2740. The van der Waals surface area contributed by atoms with Gasteiger partial charge in [-0.25, -0.2) is 0 Å². The van der Waals surface area contributed by atoms with Crippen LogP contribution in [-0.2, 0) is 0 Å². The molecule has 3 aromatic heterocycles. The van der Waals surface area contributed by atoms with Crippen molar-refractivity contribution in [3.63, 3.8) is 0 Å². The van der Waals surface area contributed by atoms with Crippen LogP contribution in [0.15, 0.2) is 164 Å². The van der Waals surface area contributed by atoms with E-state index in [2.05, 4.69) is 178 Å². The molecule has 0 saturated heterocycles. The molecule has 45 heavy (non-hydrogen) atoms. The molecule has 7 aromatic carbocycles. The molecule has 0 saturated carbocycles. The predicted molar refractivity (Wildman–Crippen MR) is 189 cm³/mol. The van der Waals surface area contributed by atoms with Crippen molar-refractivity contribution in [2.24, 2.45) is 0 Å². The van der Waals surface area contributed by atoms with Crippen molar-refractivity contribution in [2.75, 3.05) is 0 Å². The molecule has 0 radical (unpaired) electrons. The molecule has 0 atom stereocenters. The van der Waals surface area contributed by atoms with Crippen LogP contribution >= 0.6 is 0 Å². The van der Waals surface area contributed by atoms with Gasteiger partial charge in [0.05, 0.1) is 27.6 Å². The topological polar surface area (TPSA) is 14.8 Å². The molecule has 0 unspecified atom stereocenters. The van der Waals surface area contributed by atoms with Crippen molar-refractivity contribution in [2.45, 2.75) is 0 Å². The maximum absolute atomic E-state index is 2.47. The molecule has 0 fully saturated rings. The Morgan fingerprint density at radius 3 is 1.73 bits per heavy atom. The Kier molecular flexibility index (Phi) is 5.00.